The maximum Gasteiger partial charge on any atom is 0.162 e. The van der Waals surface area contributed by atoms with Crippen LogP contribution in [0.25, 0.3) is 44.3 Å². The van der Waals surface area contributed by atoms with Gasteiger partial charge in [0.1, 0.15) is 18.2 Å². The molecule has 9 nitrogen and oxygen atoms in total. The van der Waals surface area contributed by atoms with E-state index in [0.29, 0.717) is 46.4 Å². The zero-order valence-electron chi connectivity index (χ0n) is 25.3. The summed E-state index contributed by atoms with van der Waals surface area (Å²) in [5.74, 6) is 1.80. The van der Waals surface area contributed by atoms with Gasteiger partial charge < -0.3 is 19.7 Å². The number of nitrogens with one attached hydrogen (secondary N) is 2. The molecule has 1 saturated heterocycles. The van der Waals surface area contributed by atoms with Crippen molar-refractivity contribution >= 4 is 33.3 Å². The number of nitrogens with zero attached hydrogens (tertiary/aromatic N) is 5. The van der Waals surface area contributed by atoms with Crippen LogP contribution in [0.4, 0.5) is 15.9 Å². The molecule has 0 radical (unpaired) electrons. The maximum atomic E-state index is 15.4. The number of H-pyrrole nitrogens is 1. The van der Waals surface area contributed by atoms with Gasteiger partial charge in [-0.15, -0.1) is 0 Å². The van der Waals surface area contributed by atoms with E-state index in [4.69, 9.17) is 19.4 Å². The lowest BCUT2D eigenvalue weighted by molar-refractivity contribution is 0.133. The second-order valence-corrected chi connectivity index (χ2v) is 11.3. The fourth-order valence-electron chi connectivity index (χ4n) is 5.65. The first kappa shape index (κ1) is 28.7. The van der Waals surface area contributed by atoms with Crippen LogP contribution in [0.5, 0.6) is 11.5 Å². The van der Waals surface area contributed by atoms with Crippen molar-refractivity contribution in [1.29, 1.82) is 0 Å². The average molecular weight is 604 g/mol. The highest BCUT2D eigenvalue weighted by molar-refractivity contribution is 5.95. The normalized spacial score (nSPS) is 14.2. The number of aromatic amines is 1. The third kappa shape index (κ3) is 6.15. The molecular weight excluding hydrogens is 569 g/mol. The van der Waals surface area contributed by atoms with Gasteiger partial charge in [0.2, 0.25) is 0 Å². The largest absolute Gasteiger partial charge is 0.493 e. The van der Waals surface area contributed by atoms with E-state index in [-0.39, 0.29) is 5.82 Å². The Labute approximate surface area is 260 Å². The van der Waals surface area contributed by atoms with E-state index in [2.05, 4.69) is 32.4 Å². The molecule has 0 bridgehead atoms. The second kappa shape index (κ2) is 12.5. The molecule has 1 aliphatic heterocycles. The number of fused-ring (bicyclic) bond motifs is 2. The number of rotatable bonds is 9. The average Bonchev–Trinajstić information content (AvgIpc) is 3.54. The minimum atomic E-state index is -0.344. The highest BCUT2D eigenvalue weighted by Crippen LogP contribution is 2.37. The molecule has 228 valence electrons. The number of aromatic nitrogens is 4. The molecule has 2 aromatic heterocycles. The van der Waals surface area contributed by atoms with Crippen molar-refractivity contribution in [2.45, 2.75) is 0 Å². The van der Waals surface area contributed by atoms with E-state index in [1.807, 2.05) is 66.7 Å². The Kier molecular flexibility index (Phi) is 7.98. The predicted octanol–water partition coefficient (Wildman–Crippen LogP) is 6.36. The third-order valence-corrected chi connectivity index (χ3v) is 8.26. The SMILES string of the molecule is COc1cc2nc(-c3ccc(-c4ccccc4)c(F)c3)nc(Nc3ccc4[nH]ncc4c3)c2cc1OCCN1CCN(C)CC1. The van der Waals surface area contributed by atoms with E-state index in [0.717, 1.165) is 60.3 Å². The molecule has 0 unspecified atom stereocenters. The van der Waals surface area contributed by atoms with Gasteiger partial charge in [0.05, 0.1) is 24.3 Å². The fourth-order valence-corrected chi connectivity index (χ4v) is 5.65. The van der Waals surface area contributed by atoms with Gasteiger partial charge in [0.15, 0.2) is 17.3 Å². The second-order valence-electron chi connectivity index (χ2n) is 11.3. The van der Waals surface area contributed by atoms with Gasteiger partial charge in [-0.25, -0.2) is 14.4 Å². The van der Waals surface area contributed by atoms with Gasteiger partial charge in [-0.2, -0.15) is 5.10 Å². The van der Waals surface area contributed by atoms with Crippen LogP contribution in [0.15, 0.2) is 85.1 Å². The van der Waals surface area contributed by atoms with Crippen LogP contribution < -0.4 is 14.8 Å². The summed E-state index contributed by atoms with van der Waals surface area (Å²) >= 11 is 0. The smallest absolute Gasteiger partial charge is 0.162 e. The van der Waals surface area contributed by atoms with Crippen LogP contribution in [-0.2, 0) is 0 Å². The number of hydrogen-bond acceptors (Lipinski definition) is 8. The summed E-state index contributed by atoms with van der Waals surface area (Å²) in [5, 5.41) is 12.3. The van der Waals surface area contributed by atoms with E-state index in [1.165, 1.54) is 6.07 Å². The minimum Gasteiger partial charge on any atom is -0.493 e. The molecule has 0 saturated carbocycles. The first-order valence-electron chi connectivity index (χ1n) is 15.0. The van der Waals surface area contributed by atoms with Crippen molar-refractivity contribution in [3.63, 3.8) is 0 Å². The Hall–Kier alpha value is -5.06. The predicted molar refractivity (Wildman–Crippen MR) is 176 cm³/mol. The minimum absolute atomic E-state index is 0.344. The molecule has 45 heavy (non-hydrogen) atoms. The van der Waals surface area contributed by atoms with Gasteiger partial charge in [0, 0.05) is 66.4 Å². The topological polar surface area (TPSA) is 91.4 Å². The highest BCUT2D eigenvalue weighted by atomic mass is 19.1. The molecule has 0 atom stereocenters. The maximum absolute atomic E-state index is 15.4. The summed E-state index contributed by atoms with van der Waals surface area (Å²) in [6.07, 6.45) is 1.78. The molecule has 3 heterocycles. The Bertz CT molecular complexity index is 1960. The van der Waals surface area contributed by atoms with E-state index >= 15 is 4.39 Å². The lowest BCUT2D eigenvalue weighted by Crippen LogP contribution is -2.45. The van der Waals surface area contributed by atoms with E-state index in [9.17, 15) is 0 Å². The summed E-state index contributed by atoms with van der Waals surface area (Å²) in [4.78, 5) is 14.5. The first-order valence-corrected chi connectivity index (χ1v) is 15.0. The van der Waals surface area contributed by atoms with Crippen LogP contribution in [0.3, 0.4) is 0 Å². The van der Waals surface area contributed by atoms with Crippen molar-refractivity contribution in [2.24, 2.45) is 0 Å². The zero-order valence-corrected chi connectivity index (χ0v) is 25.3. The molecule has 0 aliphatic carbocycles. The molecule has 6 aromatic rings. The molecular formula is C35H34FN7O2. The lowest BCUT2D eigenvalue weighted by atomic mass is 10.0. The first-order chi connectivity index (χ1) is 22.0. The Balaban J connectivity index is 1.26. The van der Waals surface area contributed by atoms with Crippen LogP contribution >= 0.6 is 0 Å². The van der Waals surface area contributed by atoms with Crippen LogP contribution in [0.2, 0.25) is 0 Å². The molecule has 1 fully saturated rings. The number of ether oxygens (including phenoxy) is 2. The van der Waals surface area contributed by atoms with Gasteiger partial charge in [0.25, 0.3) is 0 Å². The van der Waals surface area contributed by atoms with Crippen LogP contribution in [0.1, 0.15) is 0 Å². The van der Waals surface area contributed by atoms with E-state index < -0.39 is 0 Å². The Morgan fingerprint density at radius 2 is 1.73 bits per heavy atom. The zero-order chi connectivity index (χ0) is 30.8. The van der Waals surface area contributed by atoms with Crippen molar-refractivity contribution in [1.82, 2.24) is 30.0 Å². The number of methoxy groups -OCH3 is 1. The third-order valence-electron chi connectivity index (χ3n) is 8.26. The molecule has 10 heteroatoms. The van der Waals surface area contributed by atoms with Crippen LogP contribution in [-0.4, -0.2) is 83.5 Å². The monoisotopic (exact) mass is 603 g/mol. The van der Waals surface area contributed by atoms with Crippen LogP contribution in [0, 0.1) is 5.82 Å². The van der Waals surface area contributed by atoms with Crippen molar-refractivity contribution in [3.05, 3.63) is 90.9 Å². The number of likely N-dealkylation sites (N-methyl/N-ethyl adjacent to an activating group) is 1. The van der Waals surface area contributed by atoms with Gasteiger partial charge in [-0.3, -0.25) is 10.00 Å². The van der Waals surface area contributed by atoms with Gasteiger partial charge in [-0.05, 0) is 42.9 Å². The Morgan fingerprint density at radius 3 is 2.53 bits per heavy atom. The molecule has 1 aliphatic rings. The van der Waals surface area contributed by atoms with Crippen molar-refractivity contribution < 1.29 is 13.9 Å². The van der Waals surface area contributed by atoms with E-state index in [1.54, 1.807) is 19.4 Å². The number of piperazine rings is 1. The van der Waals surface area contributed by atoms with Crippen molar-refractivity contribution in [2.75, 3.05) is 58.8 Å². The summed E-state index contributed by atoms with van der Waals surface area (Å²) in [6, 6.07) is 24.3. The molecule has 0 spiro atoms. The van der Waals surface area contributed by atoms with Crippen molar-refractivity contribution in [3.8, 4) is 34.0 Å². The fraction of sp³-hybridized carbons (Fsp3) is 0.229. The highest BCUT2D eigenvalue weighted by Gasteiger charge is 2.18. The number of hydrogen-bond donors (Lipinski definition) is 2. The standard InChI is InChI=1S/C35H34FN7O2/c1-42-12-14-43(15-13-42)16-17-45-33-20-28-31(21-32(33)44-2)39-34(24-8-10-27(29(36)19-24)23-6-4-3-5-7-23)40-35(28)38-26-9-11-30-25(18-26)22-37-41-30/h3-11,18-22H,12-17H2,1-2H3,(H,37,41)(H,38,39,40). The lowest BCUT2D eigenvalue weighted by Gasteiger charge is -2.32. The quantitative estimate of drug-likeness (QED) is 0.197. The Morgan fingerprint density at radius 1 is 0.889 bits per heavy atom. The molecule has 7 rings (SSSR count). The summed E-state index contributed by atoms with van der Waals surface area (Å²) in [5.41, 5.74) is 4.30. The molecule has 4 aromatic carbocycles. The molecule has 2 N–H and O–H groups in total. The van der Waals surface area contributed by atoms with Gasteiger partial charge >= 0.3 is 0 Å². The molecule has 0 amide bonds. The summed E-state index contributed by atoms with van der Waals surface area (Å²) in [7, 11) is 3.77. The number of benzene rings is 4. The summed E-state index contributed by atoms with van der Waals surface area (Å²) in [6.45, 7) is 5.50. The summed E-state index contributed by atoms with van der Waals surface area (Å²) < 4.78 is 27.4. The number of halogens is 1. The number of anilines is 2. The van der Waals surface area contributed by atoms with Gasteiger partial charge in [-0.1, -0.05) is 42.5 Å².